The fourth-order valence-electron chi connectivity index (χ4n) is 14.7. The van der Waals surface area contributed by atoms with E-state index in [0.717, 1.165) is 38.2 Å². The van der Waals surface area contributed by atoms with Crippen LogP contribution < -0.4 is 0 Å². The predicted octanol–water partition coefficient (Wildman–Crippen LogP) is 12.5. The zero-order chi connectivity index (χ0) is 38.4. The van der Waals surface area contributed by atoms with Gasteiger partial charge < -0.3 is 19.3 Å². The van der Waals surface area contributed by atoms with Crippen molar-refractivity contribution < 1.29 is 9.47 Å². The molecule has 4 heteroatoms. The van der Waals surface area contributed by atoms with Gasteiger partial charge in [-0.2, -0.15) is 0 Å². The second kappa shape index (κ2) is 14.4. The topological polar surface area (TPSA) is 24.9 Å². The van der Waals surface area contributed by atoms with Crippen LogP contribution in [0.15, 0.2) is 82.5 Å². The first-order chi connectivity index (χ1) is 27.0. The van der Waals surface area contributed by atoms with E-state index in [1.807, 2.05) is 0 Å². The van der Waals surface area contributed by atoms with E-state index in [4.69, 9.17) is 9.47 Å². The zero-order valence-corrected chi connectivity index (χ0v) is 36.0. The standard InChI is InChI=1S/C52H74N2O2/c1-34-28-38(32-39(29-34)54-44-25-22-36(35-16-9-7-10-17-35)30-43(44)52(51(54,5)6)26-13-8-14-27-52)53(46-33-55-48-31-37(50(2,3)4)23-24-42(46)48)45-20-15-19-41-40-18-11-12-21-47(40)56-49(41)45/h11,15,18,20,22,25,31-32,34-35,39,41-43,45-46,48-49H,7-10,12-14,16-17,19,21,23-24,26-30,33H2,1-6H3. The molecule has 2 saturated carbocycles. The normalized spacial score (nSPS) is 38.9. The number of nitrogens with zero attached hydrogens (tertiary/aromatic N) is 2. The van der Waals surface area contributed by atoms with E-state index in [0.29, 0.717) is 41.2 Å². The smallest absolute Gasteiger partial charge is 0.129 e. The maximum atomic E-state index is 7.13. The van der Waals surface area contributed by atoms with Gasteiger partial charge in [0, 0.05) is 52.6 Å². The molecule has 0 aromatic heterocycles. The molecule has 0 aromatic carbocycles. The summed E-state index contributed by atoms with van der Waals surface area (Å²) >= 11 is 0. The van der Waals surface area contributed by atoms with Gasteiger partial charge in [-0.15, -0.1) is 0 Å². The molecule has 7 aliphatic carbocycles. The summed E-state index contributed by atoms with van der Waals surface area (Å²) in [5, 5.41) is 0. The third kappa shape index (κ3) is 6.13. The second-order valence-electron chi connectivity index (χ2n) is 21.9. The number of likely N-dealkylation sites (tertiary alicyclic amines) is 1. The van der Waals surface area contributed by atoms with Crippen LogP contribution in [-0.2, 0) is 9.47 Å². The maximum absolute atomic E-state index is 7.13. The molecule has 1 spiro atoms. The van der Waals surface area contributed by atoms with Crippen molar-refractivity contribution >= 4 is 0 Å². The minimum absolute atomic E-state index is 0.118. The molecule has 0 amide bonds. The van der Waals surface area contributed by atoms with E-state index in [1.54, 1.807) is 22.5 Å². The van der Waals surface area contributed by atoms with Crippen molar-refractivity contribution in [3.05, 3.63) is 82.5 Å². The van der Waals surface area contributed by atoms with Crippen LogP contribution in [0, 0.1) is 40.4 Å². The molecule has 0 bridgehead atoms. The van der Waals surface area contributed by atoms with E-state index >= 15 is 0 Å². The molecule has 10 rings (SSSR count). The average molecular weight is 759 g/mol. The number of hydrogen-bond donors (Lipinski definition) is 0. The molecule has 3 aliphatic heterocycles. The number of rotatable bonds is 5. The first kappa shape index (κ1) is 37.8. The van der Waals surface area contributed by atoms with Crippen molar-refractivity contribution in [2.24, 2.45) is 40.4 Å². The molecule has 0 aromatic rings. The second-order valence-corrected chi connectivity index (χ2v) is 21.9. The largest absolute Gasteiger partial charge is 0.491 e. The van der Waals surface area contributed by atoms with Gasteiger partial charge in [0.15, 0.2) is 0 Å². The number of hydrogen-bond acceptors (Lipinski definition) is 4. The molecular formula is C52H74N2O2. The minimum atomic E-state index is 0.118. The molecule has 4 nitrogen and oxygen atoms in total. The Balaban J connectivity index is 1.05. The first-order valence-corrected chi connectivity index (χ1v) is 23.8. The lowest BCUT2D eigenvalue weighted by atomic mass is 9.56. The number of allylic oxidation sites excluding steroid dienone is 10. The monoisotopic (exact) mass is 759 g/mol. The third-order valence-corrected chi connectivity index (χ3v) is 17.6. The Hall–Kier alpha value is -2.46. The summed E-state index contributed by atoms with van der Waals surface area (Å²) in [6, 6.07) is 0.994. The van der Waals surface area contributed by atoms with Gasteiger partial charge in [-0.3, -0.25) is 0 Å². The molecule has 9 unspecified atom stereocenters. The van der Waals surface area contributed by atoms with E-state index in [1.165, 1.54) is 101 Å². The van der Waals surface area contributed by atoms with E-state index in [-0.39, 0.29) is 29.2 Å². The highest BCUT2D eigenvalue weighted by molar-refractivity contribution is 5.40. The molecule has 56 heavy (non-hydrogen) atoms. The van der Waals surface area contributed by atoms with E-state index in [2.05, 4.69) is 100.0 Å². The van der Waals surface area contributed by atoms with Gasteiger partial charge in [0.2, 0.25) is 0 Å². The highest BCUT2D eigenvalue weighted by Gasteiger charge is 2.63. The van der Waals surface area contributed by atoms with Crippen LogP contribution in [0.25, 0.3) is 0 Å². The lowest BCUT2D eigenvalue weighted by Crippen LogP contribution is -2.56. The van der Waals surface area contributed by atoms with Gasteiger partial charge in [0.05, 0.1) is 24.8 Å². The summed E-state index contributed by atoms with van der Waals surface area (Å²) in [4.78, 5) is 6.00. The summed E-state index contributed by atoms with van der Waals surface area (Å²) in [5.74, 6) is 4.36. The minimum Gasteiger partial charge on any atom is -0.491 e. The number of fused-ring (bicyclic) bond motifs is 5. The highest BCUT2D eigenvalue weighted by atomic mass is 16.5. The SMILES string of the molecule is CC1CC(N(C2C=CCC3C4=C(CCC=C4)OC32)C2COC3C=C(C(C)(C)C)CCC32)=CC(N2C3=CC=C(C4CCCCC4)CC3C3(CCCCC3)C2(C)C)C1. The highest BCUT2D eigenvalue weighted by Crippen LogP contribution is 2.65. The fraction of sp³-hybridized carbons (Fsp3) is 0.731. The van der Waals surface area contributed by atoms with E-state index < -0.39 is 0 Å². The van der Waals surface area contributed by atoms with Crippen molar-refractivity contribution in [1.29, 1.82) is 0 Å². The summed E-state index contributed by atoms with van der Waals surface area (Å²) in [6.07, 6.45) is 44.5. The summed E-state index contributed by atoms with van der Waals surface area (Å²) in [5.41, 5.74) is 8.83. The molecule has 0 radical (unpaired) electrons. The van der Waals surface area contributed by atoms with Crippen LogP contribution in [0.5, 0.6) is 0 Å². The molecule has 0 N–H and O–H groups in total. The van der Waals surface area contributed by atoms with Gasteiger partial charge in [0.25, 0.3) is 0 Å². The quantitative estimate of drug-likeness (QED) is 0.261. The molecule has 304 valence electrons. The fourth-order valence-corrected chi connectivity index (χ4v) is 14.7. The van der Waals surface area contributed by atoms with Crippen LogP contribution in [0.1, 0.15) is 157 Å². The van der Waals surface area contributed by atoms with Gasteiger partial charge in [0.1, 0.15) is 11.9 Å². The third-order valence-electron chi connectivity index (χ3n) is 17.6. The first-order valence-electron chi connectivity index (χ1n) is 23.8. The van der Waals surface area contributed by atoms with Crippen molar-refractivity contribution in [2.45, 2.75) is 193 Å². The van der Waals surface area contributed by atoms with Crippen molar-refractivity contribution in [2.75, 3.05) is 6.61 Å². The molecule has 2 saturated heterocycles. The molecular weight excluding hydrogens is 685 g/mol. The predicted molar refractivity (Wildman–Crippen MR) is 229 cm³/mol. The molecule has 3 heterocycles. The van der Waals surface area contributed by atoms with Crippen LogP contribution in [-0.4, -0.2) is 52.3 Å². The van der Waals surface area contributed by atoms with Crippen molar-refractivity contribution in [3.63, 3.8) is 0 Å². The summed E-state index contributed by atoms with van der Waals surface area (Å²) < 4.78 is 14.0. The van der Waals surface area contributed by atoms with E-state index in [9.17, 15) is 0 Å². The Labute approximate surface area is 340 Å². The van der Waals surface area contributed by atoms with Crippen LogP contribution in [0.4, 0.5) is 0 Å². The average Bonchev–Trinajstić information content (AvgIpc) is 3.84. The van der Waals surface area contributed by atoms with Crippen LogP contribution in [0.3, 0.4) is 0 Å². The Bertz CT molecular complexity index is 1750. The van der Waals surface area contributed by atoms with Crippen LogP contribution >= 0.6 is 0 Å². The van der Waals surface area contributed by atoms with Crippen molar-refractivity contribution in [1.82, 2.24) is 9.80 Å². The Morgan fingerprint density at radius 1 is 0.893 bits per heavy atom. The van der Waals surface area contributed by atoms with Gasteiger partial charge in [-0.05, 0) is 119 Å². The number of ether oxygens (including phenoxy) is 2. The van der Waals surface area contributed by atoms with Gasteiger partial charge >= 0.3 is 0 Å². The lowest BCUT2D eigenvalue weighted by Gasteiger charge is -2.53. The Morgan fingerprint density at radius 3 is 2.50 bits per heavy atom. The zero-order valence-electron chi connectivity index (χ0n) is 36.0. The van der Waals surface area contributed by atoms with Gasteiger partial charge in [-0.25, -0.2) is 0 Å². The van der Waals surface area contributed by atoms with Gasteiger partial charge in [-0.1, -0.05) is 114 Å². The molecule has 4 fully saturated rings. The lowest BCUT2D eigenvalue weighted by molar-refractivity contribution is -0.00160. The Kier molecular flexibility index (Phi) is 9.70. The Morgan fingerprint density at radius 2 is 1.70 bits per heavy atom. The van der Waals surface area contributed by atoms with Crippen LogP contribution in [0.2, 0.25) is 0 Å². The molecule has 10 aliphatic rings. The maximum Gasteiger partial charge on any atom is 0.129 e. The van der Waals surface area contributed by atoms with Crippen molar-refractivity contribution in [3.8, 4) is 0 Å². The summed E-state index contributed by atoms with van der Waals surface area (Å²) in [6.45, 7) is 15.9. The summed E-state index contributed by atoms with van der Waals surface area (Å²) in [7, 11) is 0. The molecule has 9 atom stereocenters.